The molecule has 0 saturated carbocycles. The van der Waals surface area contributed by atoms with Crippen molar-refractivity contribution in [3.63, 3.8) is 0 Å². The van der Waals surface area contributed by atoms with E-state index in [1.807, 2.05) is 17.3 Å². The molecule has 21 heavy (non-hydrogen) atoms. The van der Waals surface area contributed by atoms with Crippen molar-refractivity contribution < 1.29 is 0 Å². The summed E-state index contributed by atoms with van der Waals surface area (Å²) >= 11 is 3.73. The lowest BCUT2D eigenvalue weighted by atomic mass is 10.2. The van der Waals surface area contributed by atoms with E-state index in [2.05, 4.69) is 42.9 Å². The van der Waals surface area contributed by atoms with Gasteiger partial charge in [-0.1, -0.05) is 0 Å². The number of hydrogen-bond donors (Lipinski definition) is 1. The molecule has 0 bridgehead atoms. The fourth-order valence-electron chi connectivity index (χ4n) is 2.25. The minimum Gasteiger partial charge on any atom is -0.357 e. The van der Waals surface area contributed by atoms with Crippen molar-refractivity contribution in [2.45, 2.75) is 39.0 Å². The first-order valence-corrected chi connectivity index (χ1v) is 8.94. The van der Waals surface area contributed by atoms with Crippen LogP contribution in [0.5, 0.6) is 0 Å². The predicted octanol–water partition coefficient (Wildman–Crippen LogP) is 3.36. The Morgan fingerprint density at radius 2 is 2.29 bits per heavy atom. The zero-order chi connectivity index (χ0) is 14.6. The van der Waals surface area contributed by atoms with Crippen molar-refractivity contribution in [2.24, 2.45) is 4.99 Å². The number of guanidine groups is 1. The van der Waals surface area contributed by atoms with Crippen LogP contribution < -0.4 is 5.32 Å². The standard InChI is InChI=1S/C14H24N4S2.HI/c1-5-15-13(16-8-12-11(2)17-10-19-12)18-6-7-20-14(3,4)9-18;/h10H,5-9H2,1-4H3,(H,15,16);1H. The van der Waals surface area contributed by atoms with Gasteiger partial charge in [0.2, 0.25) is 0 Å². The summed E-state index contributed by atoms with van der Waals surface area (Å²) in [6, 6.07) is 0. The summed E-state index contributed by atoms with van der Waals surface area (Å²) in [5, 5.41) is 3.42. The van der Waals surface area contributed by atoms with Gasteiger partial charge < -0.3 is 10.2 Å². The minimum absolute atomic E-state index is 0. The number of hydrogen-bond acceptors (Lipinski definition) is 4. The van der Waals surface area contributed by atoms with Gasteiger partial charge in [0.05, 0.1) is 17.7 Å². The number of halogens is 1. The third kappa shape index (κ3) is 5.59. The molecule has 4 nitrogen and oxygen atoms in total. The average Bonchev–Trinajstić information content (AvgIpc) is 2.79. The number of aliphatic imine (C=N–C) groups is 1. The number of rotatable bonds is 3. The maximum Gasteiger partial charge on any atom is 0.194 e. The van der Waals surface area contributed by atoms with E-state index in [-0.39, 0.29) is 24.0 Å². The molecule has 0 amide bonds. The zero-order valence-electron chi connectivity index (χ0n) is 13.2. The smallest absolute Gasteiger partial charge is 0.194 e. The summed E-state index contributed by atoms with van der Waals surface area (Å²) in [7, 11) is 0. The van der Waals surface area contributed by atoms with E-state index in [0.29, 0.717) is 4.75 Å². The van der Waals surface area contributed by atoms with Crippen LogP contribution in [-0.2, 0) is 6.54 Å². The van der Waals surface area contributed by atoms with E-state index >= 15 is 0 Å². The van der Waals surface area contributed by atoms with Crippen LogP contribution in [0.25, 0.3) is 0 Å². The molecule has 120 valence electrons. The van der Waals surface area contributed by atoms with Crippen LogP contribution in [0, 0.1) is 6.92 Å². The molecule has 1 aromatic heterocycles. The summed E-state index contributed by atoms with van der Waals surface area (Å²) in [6.07, 6.45) is 0. The fourth-order valence-corrected chi connectivity index (χ4v) is 4.06. The second kappa shape index (κ2) is 8.57. The third-order valence-electron chi connectivity index (χ3n) is 3.28. The van der Waals surface area contributed by atoms with Crippen molar-refractivity contribution in [1.82, 2.24) is 15.2 Å². The quantitative estimate of drug-likeness (QED) is 0.445. The number of aromatic nitrogens is 1. The molecule has 1 N–H and O–H groups in total. The lowest BCUT2D eigenvalue weighted by Crippen LogP contribution is -2.50. The van der Waals surface area contributed by atoms with Crippen LogP contribution in [0.2, 0.25) is 0 Å². The van der Waals surface area contributed by atoms with Crippen LogP contribution >= 0.6 is 47.1 Å². The van der Waals surface area contributed by atoms with E-state index in [9.17, 15) is 0 Å². The second-order valence-electron chi connectivity index (χ2n) is 5.56. The van der Waals surface area contributed by atoms with Crippen LogP contribution in [0.15, 0.2) is 10.5 Å². The molecular weight excluding hydrogens is 415 g/mol. The Labute approximate surface area is 153 Å². The van der Waals surface area contributed by atoms with Gasteiger partial charge in [0, 0.05) is 35.0 Å². The molecule has 2 heterocycles. The van der Waals surface area contributed by atoms with Gasteiger partial charge in [-0.15, -0.1) is 35.3 Å². The Bertz CT molecular complexity index is 473. The van der Waals surface area contributed by atoms with E-state index in [1.54, 1.807) is 11.3 Å². The summed E-state index contributed by atoms with van der Waals surface area (Å²) in [5.41, 5.74) is 3.00. The average molecular weight is 440 g/mol. The zero-order valence-corrected chi connectivity index (χ0v) is 17.1. The number of thioether (sulfide) groups is 1. The Morgan fingerprint density at radius 1 is 1.52 bits per heavy atom. The van der Waals surface area contributed by atoms with Gasteiger partial charge in [-0.2, -0.15) is 11.8 Å². The van der Waals surface area contributed by atoms with E-state index < -0.39 is 0 Å². The highest BCUT2D eigenvalue weighted by molar-refractivity contribution is 14.0. The lowest BCUT2D eigenvalue weighted by molar-refractivity contribution is 0.376. The van der Waals surface area contributed by atoms with Gasteiger partial charge in [-0.25, -0.2) is 9.98 Å². The van der Waals surface area contributed by atoms with Gasteiger partial charge in [-0.3, -0.25) is 0 Å². The van der Waals surface area contributed by atoms with Gasteiger partial charge in [-0.05, 0) is 27.7 Å². The van der Waals surface area contributed by atoms with Crippen molar-refractivity contribution in [3.05, 3.63) is 16.1 Å². The summed E-state index contributed by atoms with van der Waals surface area (Å²) < 4.78 is 0.300. The Hall–Kier alpha value is -0.0200. The molecular formula is C14H25IN4S2. The van der Waals surface area contributed by atoms with Gasteiger partial charge in [0.25, 0.3) is 0 Å². The third-order valence-corrected chi connectivity index (χ3v) is 5.49. The maximum absolute atomic E-state index is 4.80. The van der Waals surface area contributed by atoms with E-state index in [1.165, 1.54) is 4.88 Å². The highest BCUT2D eigenvalue weighted by atomic mass is 127. The van der Waals surface area contributed by atoms with Gasteiger partial charge >= 0.3 is 0 Å². The minimum atomic E-state index is 0. The van der Waals surface area contributed by atoms with E-state index in [4.69, 9.17) is 4.99 Å². The highest BCUT2D eigenvalue weighted by Gasteiger charge is 2.28. The van der Waals surface area contributed by atoms with Crippen LogP contribution in [0.1, 0.15) is 31.3 Å². The molecule has 1 saturated heterocycles. The molecule has 0 atom stereocenters. The molecule has 7 heteroatoms. The molecule has 0 aromatic carbocycles. The Balaban J connectivity index is 0.00000220. The van der Waals surface area contributed by atoms with Gasteiger partial charge in [0.15, 0.2) is 5.96 Å². The topological polar surface area (TPSA) is 40.5 Å². The summed E-state index contributed by atoms with van der Waals surface area (Å²) in [4.78, 5) is 12.7. The molecule has 1 aliphatic rings. The number of aryl methyl sites for hydroxylation is 1. The normalized spacial score (nSPS) is 18.3. The molecule has 0 spiro atoms. The van der Waals surface area contributed by atoms with E-state index in [0.717, 1.165) is 43.6 Å². The first kappa shape index (κ1) is 19.0. The SMILES string of the molecule is CCNC(=NCc1scnc1C)N1CCSC(C)(C)C1.I. The van der Waals surface area contributed by atoms with Crippen molar-refractivity contribution in [3.8, 4) is 0 Å². The summed E-state index contributed by atoms with van der Waals surface area (Å²) in [6.45, 7) is 12.5. The molecule has 0 aliphatic carbocycles. The number of nitrogens with zero attached hydrogens (tertiary/aromatic N) is 3. The molecule has 0 unspecified atom stereocenters. The van der Waals surface area contributed by atoms with Crippen LogP contribution in [0.3, 0.4) is 0 Å². The first-order chi connectivity index (χ1) is 9.52. The largest absolute Gasteiger partial charge is 0.357 e. The lowest BCUT2D eigenvalue weighted by Gasteiger charge is -2.39. The summed E-state index contributed by atoms with van der Waals surface area (Å²) in [5.74, 6) is 2.20. The number of nitrogens with one attached hydrogen (secondary N) is 1. The molecule has 1 fully saturated rings. The van der Waals surface area contributed by atoms with Crippen molar-refractivity contribution in [2.75, 3.05) is 25.4 Å². The maximum atomic E-state index is 4.80. The molecule has 0 radical (unpaired) electrons. The second-order valence-corrected chi connectivity index (χ2v) is 8.30. The van der Waals surface area contributed by atoms with Crippen LogP contribution in [0.4, 0.5) is 0 Å². The Kier molecular flexibility index (Phi) is 7.77. The predicted molar refractivity (Wildman–Crippen MR) is 105 cm³/mol. The first-order valence-electron chi connectivity index (χ1n) is 7.08. The van der Waals surface area contributed by atoms with Crippen LogP contribution in [-0.4, -0.2) is 46.0 Å². The Morgan fingerprint density at radius 3 is 2.86 bits per heavy atom. The highest BCUT2D eigenvalue weighted by Crippen LogP contribution is 2.29. The van der Waals surface area contributed by atoms with Gasteiger partial charge in [0.1, 0.15) is 0 Å². The van der Waals surface area contributed by atoms with Crippen molar-refractivity contribution in [1.29, 1.82) is 0 Å². The molecule has 2 rings (SSSR count). The molecule has 1 aromatic rings. The monoisotopic (exact) mass is 440 g/mol. The van der Waals surface area contributed by atoms with Crippen molar-refractivity contribution >= 4 is 53.0 Å². The number of thiazole rings is 1. The fraction of sp³-hybridized carbons (Fsp3) is 0.714. The molecule has 1 aliphatic heterocycles.